The van der Waals surface area contributed by atoms with Gasteiger partial charge in [0, 0.05) is 13.1 Å². The first-order chi connectivity index (χ1) is 15.8. The van der Waals surface area contributed by atoms with Crippen molar-refractivity contribution in [1.29, 1.82) is 0 Å². The number of ether oxygens (including phenoxy) is 1. The van der Waals surface area contributed by atoms with Crippen molar-refractivity contribution in [3.05, 3.63) is 71.0 Å². The number of aromatic nitrogens is 5. The summed E-state index contributed by atoms with van der Waals surface area (Å²) in [5.41, 5.74) is 1.91. The van der Waals surface area contributed by atoms with Crippen LogP contribution in [0.3, 0.4) is 0 Å². The zero-order valence-corrected chi connectivity index (χ0v) is 18.8. The summed E-state index contributed by atoms with van der Waals surface area (Å²) < 4.78 is 13.1. The smallest absolute Gasteiger partial charge is 0.259 e. The summed E-state index contributed by atoms with van der Waals surface area (Å²) in [4.78, 5) is 6.71. The van der Waals surface area contributed by atoms with Gasteiger partial charge in [0.15, 0.2) is 11.0 Å². The summed E-state index contributed by atoms with van der Waals surface area (Å²) in [7, 11) is 0. The van der Waals surface area contributed by atoms with Crippen molar-refractivity contribution in [1.82, 2.24) is 24.9 Å². The van der Waals surface area contributed by atoms with Gasteiger partial charge in [0.2, 0.25) is 5.95 Å². The predicted octanol–water partition coefficient (Wildman–Crippen LogP) is 4.16. The maximum absolute atomic E-state index is 6.25. The normalized spacial score (nSPS) is 14.1. The third-order valence-corrected chi connectivity index (χ3v) is 6.37. The van der Waals surface area contributed by atoms with E-state index in [1.807, 2.05) is 36.4 Å². The molecule has 0 bridgehead atoms. The molecule has 0 saturated carbocycles. The van der Waals surface area contributed by atoms with Crippen LogP contribution < -0.4 is 4.90 Å². The molecule has 1 aliphatic heterocycles. The molecule has 164 valence electrons. The van der Waals surface area contributed by atoms with Crippen LogP contribution in [0.1, 0.15) is 11.4 Å². The lowest BCUT2D eigenvalue weighted by Gasteiger charge is -2.28. The minimum atomic E-state index is 0.408. The second-order valence-corrected chi connectivity index (χ2v) is 8.59. The topological polar surface area (TPSA) is 82.1 Å². The Hall–Kier alpha value is -2.88. The van der Waals surface area contributed by atoms with Crippen molar-refractivity contribution in [3.63, 3.8) is 0 Å². The highest BCUT2D eigenvalue weighted by Crippen LogP contribution is 2.29. The number of nitrogens with zero attached hydrogens (tertiary/aromatic N) is 6. The SMILES string of the molecule is Clc1ccccc1-c1nc(CSc2nnc(N3CCOCC3)n2Cc2ccccc2)no1. The maximum atomic E-state index is 6.25. The Morgan fingerprint density at radius 2 is 1.75 bits per heavy atom. The molecule has 10 heteroatoms. The molecule has 2 aromatic heterocycles. The number of hydrogen-bond donors (Lipinski definition) is 0. The zero-order chi connectivity index (χ0) is 21.8. The Balaban J connectivity index is 1.36. The predicted molar refractivity (Wildman–Crippen MR) is 123 cm³/mol. The first-order valence-electron chi connectivity index (χ1n) is 10.3. The van der Waals surface area contributed by atoms with E-state index < -0.39 is 0 Å². The Labute approximate surface area is 194 Å². The van der Waals surface area contributed by atoms with Crippen LogP contribution in [0.4, 0.5) is 5.95 Å². The van der Waals surface area contributed by atoms with Gasteiger partial charge in [0.25, 0.3) is 5.89 Å². The van der Waals surface area contributed by atoms with Gasteiger partial charge in [-0.2, -0.15) is 4.98 Å². The van der Waals surface area contributed by atoms with Gasteiger partial charge in [-0.15, -0.1) is 10.2 Å². The molecule has 3 heterocycles. The second kappa shape index (κ2) is 9.72. The summed E-state index contributed by atoms with van der Waals surface area (Å²) in [6.07, 6.45) is 0. The van der Waals surface area contributed by atoms with E-state index >= 15 is 0 Å². The molecule has 1 fully saturated rings. The number of morpholine rings is 1. The molecule has 1 saturated heterocycles. The highest BCUT2D eigenvalue weighted by molar-refractivity contribution is 7.98. The molecule has 32 heavy (non-hydrogen) atoms. The van der Waals surface area contributed by atoms with E-state index in [9.17, 15) is 0 Å². The summed E-state index contributed by atoms with van der Waals surface area (Å²) in [5, 5.41) is 14.5. The van der Waals surface area contributed by atoms with E-state index in [4.69, 9.17) is 20.9 Å². The lowest BCUT2D eigenvalue weighted by molar-refractivity contribution is 0.121. The van der Waals surface area contributed by atoms with Gasteiger partial charge < -0.3 is 14.2 Å². The van der Waals surface area contributed by atoms with Crippen LogP contribution in [0, 0.1) is 0 Å². The van der Waals surface area contributed by atoms with E-state index in [0.717, 1.165) is 29.8 Å². The molecule has 0 radical (unpaired) electrons. The minimum Gasteiger partial charge on any atom is -0.378 e. The fourth-order valence-corrected chi connectivity index (χ4v) is 4.47. The molecule has 8 nitrogen and oxygen atoms in total. The van der Waals surface area contributed by atoms with Gasteiger partial charge in [-0.05, 0) is 17.7 Å². The first kappa shape index (κ1) is 21.0. The largest absolute Gasteiger partial charge is 0.378 e. The van der Waals surface area contributed by atoms with Crippen molar-refractivity contribution < 1.29 is 9.26 Å². The van der Waals surface area contributed by atoms with Gasteiger partial charge >= 0.3 is 0 Å². The molecule has 0 aliphatic carbocycles. The van der Waals surface area contributed by atoms with E-state index in [0.29, 0.717) is 42.2 Å². The highest BCUT2D eigenvalue weighted by atomic mass is 35.5. The number of benzene rings is 2. The number of rotatable bonds is 7. The Kier molecular flexibility index (Phi) is 6.38. The van der Waals surface area contributed by atoms with Crippen LogP contribution in [-0.4, -0.2) is 51.2 Å². The van der Waals surface area contributed by atoms with E-state index in [1.165, 1.54) is 17.3 Å². The molecule has 0 amide bonds. The zero-order valence-electron chi connectivity index (χ0n) is 17.2. The lowest BCUT2D eigenvalue weighted by Crippen LogP contribution is -2.38. The summed E-state index contributed by atoms with van der Waals surface area (Å²) in [5.74, 6) is 2.34. The number of hydrogen-bond acceptors (Lipinski definition) is 8. The second-order valence-electron chi connectivity index (χ2n) is 7.24. The fraction of sp³-hybridized carbons (Fsp3) is 0.273. The van der Waals surface area contributed by atoms with Crippen LogP contribution in [0.2, 0.25) is 5.02 Å². The van der Waals surface area contributed by atoms with Crippen LogP contribution >= 0.6 is 23.4 Å². The van der Waals surface area contributed by atoms with Crippen molar-refractivity contribution >= 4 is 29.3 Å². The van der Waals surface area contributed by atoms with Gasteiger partial charge in [-0.3, -0.25) is 4.57 Å². The van der Waals surface area contributed by atoms with Crippen molar-refractivity contribution in [3.8, 4) is 11.5 Å². The van der Waals surface area contributed by atoms with Crippen LogP contribution in [-0.2, 0) is 17.0 Å². The monoisotopic (exact) mass is 468 g/mol. The minimum absolute atomic E-state index is 0.408. The number of anilines is 1. The molecular formula is C22H21ClN6O2S. The van der Waals surface area contributed by atoms with Crippen molar-refractivity contribution in [2.45, 2.75) is 17.5 Å². The van der Waals surface area contributed by atoms with Gasteiger partial charge in [-0.25, -0.2) is 0 Å². The summed E-state index contributed by atoms with van der Waals surface area (Å²) in [6, 6.07) is 17.7. The number of thioether (sulfide) groups is 1. The van der Waals surface area contributed by atoms with Gasteiger partial charge in [0.05, 0.1) is 36.1 Å². The third-order valence-electron chi connectivity index (χ3n) is 5.08. The fourth-order valence-electron chi connectivity index (χ4n) is 3.48. The van der Waals surface area contributed by atoms with Gasteiger partial charge in [0.1, 0.15) is 0 Å². The van der Waals surface area contributed by atoms with E-state index in [-0.39, 0.29) is 0 Å². The molecule has 0 spiro atoms. The van der Waals surface area contributed by atoms with E-state index in [1.54, 1.807) is 6.07 Å². The molecule has 0 atom stereocenters. The number of halogens is 1. The molecular weight excluding hydrogens is 448 g/mol. The van der Waals surface area contributed by atoms with Crippen LogP contribution in [0.25, 0.3) is 11.5 Å². The standard InChI is InChI=1S/C22H21ClN6O2S/c23-18-9-5-4-8-17(18)20-24-19(27-31-20)15-32-22-26-25-21(28-10-12-30-13-11-28)29(22)14-16-6-2-1-3-7-16/h1-9H,10-15H2. The molecule has 5 rings (SSSR count). The lowest BCUT2D eigenvalue weighted by atomic mass is 10.2. The van der Waals surface area contributed by atoms with Crippen LogP contribution in [0.15, 0.2) is 64.3 Å². The average Bonchev–Trinajstić information content (AvgIpc) is 3.46. The summed E-state index contributed by atoms with van der Waals surface area (Å²) in [6.45, 7) is 3.65. The average molecular weight is 469 g/mol. The van der Waals surface area contributed by atoms with Crippen molar-refractivity contribution in [2.75, 3.05) is 31.2 Å². The van der Waals surface area contributed by atoms with Gasteiger partial charge in [-0.1, -0.05) is 71.0 Å². The molecule has 4 aromatic rings. The van der Waals surface area contributed by atoms with Crippen molar-refractivity contribution in [2.24, 2.45) is 0 Å². The third kappa shape index (κ3) is 4.64. The Morgan fingerprint density at radius 1 is 0.969 bits per heavy atom. The summed E-state index contributed by atoms with van der Waals surface area (Å²) >= 11 is 7.78. The maximum Gasteiger partial charge on any atom is 0.259 e. The Morgan fingerprint density at radius 3 is 2.56 bits per heavy atom. The van der Waals surface area contributed by atoms with Crippen LogP contribution in [0.5, 0.6) is 0 Å². The Bertz CT molecular complexity index is 1180. The molecule has 0 unspecified atom stereocenters. The first-order valence-corrected chi connectivity index (χ1v) is 11.6. The van der Waals surface area contributed by atoms with E-state index in [2.05, 4.69) is 41.9 Å². The quantitative estimate of drug-likeness (QED) is 0.374. The molecule has 1 aliphatic rings. The highest BCUT2D eigenvalue weighted by Gasteiger charge is 2.21. The molecule has 2 aromatic carbocycles. The molecule has 0 N–H and O–H groups in total.